The molecule has 0 atom stereocenters. The van der Waals surface area contributed by atoms with E-state index in [0.717, 1.165) is 12.1 Å². The minimum absolute atomic E-state index is 0.00506. The minimum Gasteiger partial charge on any atom is -0.431 e. The second-order valence-corrected chi connectivity index (χ2v) is 5.43. The molecule has 0 radical (unpaired) electrons. The van der Waals surface area contributed by atoms with Gasteiger partial charge in [-0.25, -0.2) is 4.85 Å². The first kappa shape index (κ1) is 20.2. The van der Waals surface area contributed by atoms with Gasteiger partial charge in [0.2, 0.25) is 5.69 Å². The molecular weight excluding hydrogens is 388 g/mol. The van der Waals surface area contributed by atoms with Crippen LogP contribution in [0, 0.1) is 22.5 Å². The summed E-state index contributed by atoms with van der Waals surface area (Å²) in [7, 11) is 0. The number of benzene rings is 1. The lowest BCUT2D eigenvalue weighted by Crippen LogP contribution is -2.31. The number of halogens is 4. The van der Waals surface area contributed by atoms with Gasteiger partial charge in [-0.15, -0.1) is 0 Å². The van der Waals surface area contributed by atoms with Crippen molar-refractivity contribution in [3.8, 4) is 22.9 Å². The van der Waals surface area contributed by atoms with E-state index in [9.17, 15) is 22.8 Å². The molecule has 0 spiro atoms. The minimum atomic E-state index is -3.97. The van der Waals surface area contributed by atoms with Gasteiger partial charge in [0.15, 0.2) is 6.61 Å². The van der Waals surface area contributed by atoms with Gasteiger partial charge in [-0.1, -0.05) is 24.4 Å². The summed E-state index contributed by atoms with van der Waals surface area (Å²) >= 11 is 5.02. The van der Waals surface area contributed by atoms with E-state index in [1.807, 2.05) is 6.07 Å². The van der Waals surface area contributed by atoms with Crippen LogP contribution in [0.1, 0.15) is 5.56 Å². The van der Waals surface area contributed by atoms with Crippen molar-refractivity contribution >= 4 is 23.7 Å². The molecule has 1 aromatic carbocycles. The predicted octanol–water partition coefficient (Wildman–Crippen LogP) is 4.63. The van der Waals surface area contributed by atoms with Crippen LogP contribution in [0.5, 0.6) is 5.75 Å². The third-order valence-corrected chi connectivity index (χ3v) is 3.53. The summed E-state index contributed by atoms with van der Waals surface area (Å²) in [4.78, 5) is 5.82. The number of nitrogens with one attached hydrogen (secondary N) is 1. The zero-order valence-electron chi connectivity index (χ0n) is 13.3. The summed E-state index contributed by atoms with van der Waals surface area (Å²) in [6.07, 6.45) is -3.97. The second kappa shape index (κ2) is 8.03. The van der Waals surface area contributed by atoms with Gasteiger partial charge < -0.3 is 20.2 Å². The highest BCUT2D eigenvalue weighted by molar-refractivity contribution is 7.71. The second-order valence-electron chi connectivity index (χ2n) is 5.03. The van der Waals surface area contributed by atoms with Gasteiger partial charge in [0.25, 0.3) is 0 Å². The number of anilines is 1. The summed E-state index contributed by atoms with van der Waals surface area (Å²) in [5, 5.41) is 9.30. The Kier molecular flexibility index (Phi) is 6.00. The van der Waals surface area contributed by atoms with Crippen LogP contribution >= 0.6 is 12.2 Å². The molecule has 2 aromatic rings. The fraction of sp³-hybridized carbons (Fsp3) is 0.188. The molecule has 0 saturated heterocycles. The highest BCUT2D eigenvalue weighted by Crippen LogP contribution is 2.38. The first-order valence-corrected chi connectivity index (χ1v) is 7.49. The molecule has 11 heteroatoms. The van der Waals surface area contributed by atoms with Gasteiger partial charge in [-0.2, -0.15) is 22.8 Å². The number of aromatic nitrogens is 1. The molecule has 27 heavy (non-hydrogen) atoms. The Morgan fingerprint density at radius 2 is 1.96 bits per heavy atom. The van der Waals surface area contributed by atoms with Crippen LogP contribution in [0.2, 0.25) is 0 Å². The Labute approximate surface area is 155 Å². The molecule has 2 rings (SSSR count). The van der Waals surface area contributed by atoms with Gasteiger partial charge in [0.1, 0.15) is 22.3 Å². The van der Waals surface area contributed by atoms with Crippen LogP contribution in [0.4, 0.5) is 29.1 Å². The standard InChI is InChI=1S/C16H10F4N4O2S/c1-23-12-11(10(6-21)14(27)24-13(12)22)8-2-4-9(5-3-8)26-16(19,20)7-25-15(17)18/h2-5,15H,7H2,(H3,22,24,27). The Balaban J connectivity index is 2.38. The SMILES string of the molecule is [C-]#[N+]c1c(N)[nH]c(=S)c(C#N)c1-c1ccc(OC(F)(F)COC(F)F)cc1. The van der Waals surface area contributed by atoms with E-state index in [-0.39, 0.29) is 33.0 Å². The maximum Gasteiger partial charge on any atom is 0.422 e. The van der Waals surface area contributed by atoms with Crippen LogP contribution in [0.25, 0.3) is 16.0 Å². The van der Waals surface area contributed by atoms with Crippen LogP contribution < -0.4 is 10.5 Å². The third kappa shape index (κ3) is 4.73. The molecule has 0 amide bonds. The number of nitrogen functional groups attached to an aromatic ring is 1. The number of nitrogens with two attached hydrogens (primary N) is 1. The zero-order chi connectivity index (χ0) is 20.2. The van der Waals surface area contributed by atoms with Crippen LogP contribution in [0.15, 0.2) is 24.3 Å². The summed E-state index contributed by atoms with van der Waals surface area (Å²) in [6.45, 7) is 2.26. The van der Waals surface area contributed by atoms with E-state index in [1.54, 1.807) is 0 Å². The van der Waals surface area contributed by atoms with E-state index in [2.05, 4.69) is 19.3 Å². The normalized spacial score (nSPS) is 11.1. The van der Waals surface area contributed by atoms with Gasteiger partial charge >= 0.3 is 12.7 Å². The van der Waals surface area contributed by atoms with Gasteiger partial charge in [0.05, 0.1) is 12.1 Å². The number of pyridine rings is 1. The first-order valence-electron chi connectivity index (χ1n) is 7.09. The van der Waals surface area contributed by atoms with Crippen LogP contribution in [-0.2, 0) is 4.74 Å². The quantitative estimate of drug-likeness (QED) is 0.421. The van der Waals surface area contributed by atoms with E-state index in [1.165, 1.54) is 12.1 Å². The van der Waals surface area contributed by atoms with Gasteiger partial charge in [0, 0.05) is 5.56 Å². The van der Waals surface area contributed by atoms with Crippen molar-refractivity contribution < 1.29 is 27.0 Å². The lowest BCUT2D eigenvalue weighted by molar-refractivity contribution is -0.251. The molecule has 1 heterocycles. The smallest absolute Gasteiger partial charge is 0.422 e. The summed E-state index contributed by atoms with van der Waals surface area (Å²) in [5.41, 5.74) is 6.12. The third-order valence-electron chi connectivity index (χ3n) is 3.23. The van der Waals surface area contributed by atoms with E-state index in [0.29, 0.717) is 5.56 Å². The van der Waals surface area contributed by atoms with E-state index >= 15 is 0 Å². The van der Waals surface area contributed by atoms with Gasteiger partial charge in [-0.05, 0) is 17.7 Å². The van der Waals surface area contributed by atoms with Crippen LogP contribution in [0.3, 0.4) is 0 Å². The topological polar surface area (TPSA) is 88.4 Å². The van der Waals surface area contributed by atoms with Crippen molar-refractivity contribution in [2.24, 2.45) is 0 Å². The lowest BCUT2D eigenvalue weighted by atomic mass is 10.00. The molecular formula is C16H10F4N4O2S. The molecule has 6 nitrogen and oxygen atoms in total. The molecule has 0 unspecified atom stereocenters. The number of aromatic amines is 1. The number of H-pyrrole nitrogens is 1. The lowest BCUT2D eigenvalue weighted by Gasteiger charge is -2.18. The van der Waals surface area contributed by atoms with Crippen molar-refractivity contribution in [1.82, 2.24) is 4.98 Å². The van der Waals surface area contributed by atoms with E-state index < -0.39 is 19.3 Å². The van der Waals surface area contributed by atoms with Gasteiger partial charge in [-0.3, -0.25) is 0 Å². The highest BCUT2D eigenvalue weighted by Gasteiger charge is 2.33. The molecule has 0 fully saturated rings. The maximum absolute atomic E-state index is 13.4. The number of hydrogen-bond donors (Lipinski definition) is 2. The van der Waals surface area contributed by atoms with Crippen molar-refractivity contribution in [2.45, 2.75) is 12.7 Å². The number of ether oxygens (including phenoxy) is 2. The highest BCUT2D eigenvalue weighted by atomic mass is 32.1. The molecule has 0 aliphatic heterocycles. The zero-order valence-corrected chi connectivity index (χ0v) is 14.1. The fourth-order valence-corrected chi connectivity index (χ4v) is 2.42. The van der Waals surface area contributed by atoms with E-state index in [4.69, 9.17) is 24.5 Å². The Hall–Kier alpha value is -3.15. The molecule has 3 N–H and O–H groups in total. The monoisotopic (exact) mass is 398 g/mol. The Morgan fingerprint density at radius 1 is 1.33 bits per heavy atom. The average molecular weight is 398 g/mol. The van der Waals surface area contributed by atoms with Crippen molar-refractivity contribution in [1.29, 1.82) is 5.26 Å². The average Bonchev–Trinajstić information content (AvgIpc) is 2.60. The summed E-state index contributed by atoms with van der Waals surface area (Å²) < 4.78 is 58.5. The molecule has 0 aliphatic rings. The Morgan fingerprint density at radius 3 is 2.48 bits per heavy atom. The van der Waals surface area contributed by atoms with Crippen molar-refractivity contribution in [3.05, 3.63) is 45.9 Å². The largest absolute Gasteiger partial charge is 0.431 e. The molecule has 0 saturated carbocycles. The fourth-order valence-electron chi connectivity index (χ4n) is 2.17. The molecule has 0 bridgehead atoms. The number of nitrogens with zero attached hydrogens (tertiary/aromatic N) is 2. The van der Waals surface area contributed by atoms with Crippen molar-refractivity contribution in [2.75, 3.05) is 12.3 Å². The summed E-state index contributed by atoms with van der Waals surface area (Å²) in [6, 6.07) is 6.72. The van der Waals surface area contributed by atoms with Crippen LogP contribution in [-0.4, -0.2) is 24.3 Å². The number of hydrogen-bond acceptors (Lipinski definition) is 5. The molecule has 0 aliphatic carbocycles. The molecule has 140 valence electrons. The first-order chi connectivity index (χ1) is 12.7. The predicted molar refractivity (Wildman–Crippen MR) is 90.0 cm³/mol. The number of rotatable bonds is 6. The number of nitriles is 1. The molecule has 1 aromatic heterocycles. The summed E-state index contributed by atoms with van der Waals surface area (Å²) in [5.74, 6) is -0.376. The number of alkyl halides is 4. The Bertz CT molecular complexity index is 978. The van der Waals surface area contributed by atoms with Crippen molar-refractivity contribution in [3.63, 3.8) is 0 Å². The maximum atomic E-state index is 13.4.